The van der Waals surface area contributed by atoms with Crippen molar-refractivity contribution >= 4 is 40.2 Å². The number of hydrogen-bond acceptors (Lipinski definition) is 2. The standard InChI is InChI=1S/C6H3ClINO2/c7-4-2-9-5(8)1-3(4)6(10)11/h1-2H,(H,10,11). The Kier molecular flexibility index (Phi) is 2.67. The fraction of sp³-hybridized carbons (Fsp3) is 0. The molecular formula is C6H3ClINO2. The van der Waals surface area contributed by atoms with Gasteiger partial charge in [-0.05, 0) is 28.7 Å². The number of hydrogen-bond donors (Lipinski definition) is 1. The summed E-state index contributed by atoms with van der Waals surface area (Å²) < 4.78 is 0.615. The smallest absolute Gasteiger partial charge is 0.337 e. The van der Waals surface area contributed by atoms with Gasteiger partial charge >= 0.3 is 5.97 Å². The van der Waals surface area contributed by atoms with Gasteiger partial charge in [-0.2, -0.15) is 0 Å². The minimum absolute atomic E-state index is 0.0890. The van der Waals surface area contributed by atoms with Crippen molar-refractivity contribution in [3.8, 4) is 0 Å². The zero-order chi connectivity index (χ0) is 8.43. The Labute approximate surface area is 81.5 Å². The average Bonchev–Trinajstić information content (AvgIpc) is 1.94. The van der Waals surface area contributed by atoms with E-state index in [1.807, 2.05) is 22.6 Å². The number of pyridine rings is 1. The van der Waals surface area contributed by atoms with E-state index in [2.05, 4.69) is 4.98 Å². The molecule has 0 unspecified atom stereocenters. The molecule has 0 amide bonds. The number of carbonyl (C=O) groups is 1. The molecule has 0 fully saturated rings. The lowest BCUT2D eigenvalue weighted by molar-refractivity contribution is 0.0697. The molecule has 0 spiro atoms. The van der Waals surface area contributed by atoms with Gasteiger partial charge in [-0.3, -0.25) is 0 Å². The second kappa shape index (κ2) is 3.36. The van der Waals surface area contributed by atoms with E-state index < -0.39 is 5.97 Å². The number of rotatable bonds is 1. The first kappa shape index (κ1) is 8.73. The summed E-state index contributed by atoms with van der Waals surface area (Å²) in [5.74, 6) is -1.03. The molecule has 0 radical (unpaired) electrons. The summed E-state index contributed by atoms with van der Waals surface area (Å²) in [4.78, 5) is 14.3. The minimum Gasteiger partial charge on any atom is -0.478 e. The van der Waals surface area contributed by atoms with Crippen molar-refractivity contribution in [2.45, 2.75) is 0 Å². The van der Waals surface area contributed by atoms with Crippen LogP contribution in [0.15, 0.2) is 12.3 Å². The fourth-order valence-electron chi connectivity index (χ4n) is 0.577. The van der Waals surface area contributed by atoms with E-state index in [-0.39, 0.29) is 10.6 Å². The van der Waals surface area contributed by atoms with Crippen molar-refractivity contribution in [3.05, 3.63) is 26.5 Å². The quantitative estimate of drug-likeness (QED) is 0.634. The van der Waals surface area contributed by atoms with Gasteiger partial charge in [0.2, 0.25) is 0 Å². The predicted molar refractivity (Wildman–Crippen MR) is 48.9 cm³/mol. The SMILES string of the molecule is O=C(O)c1cc(I)ncc1Cl. The van der Waals surface area contributed by atoms with Crippen LogP contribution in [0.3, 0.4) is 0 Å². The molecule has 58 valence electrons. The van der Waals surface area contributed by atoms with Crippen LogP contribution in [0.1, 0.15) is 10.4 Å². The van der Waals surface area contributed by atoms with Crippen LogP contribution < -0.4 is 0 Å². The van der Waals surface area contributed by atoms with Gasteiger partial charge < -0.3 is 5.11 Å². The lowest BCUT2D eigenvalue weighted by Crippen LogP contribution is -1.98. The molecule has 0 bridgehead atoms. The first-order valence-electron chi connectivity index (χ1n) is 2.65. The van der Waals surface area contributed by atoms with E-state index in [1.165, 1.54) is 12.3 Å². The van der Waals surface area contributed by atoms with E-state index in [1.54, 1.807) is 0 Å². The summed E-state index contributed by atoms with van der Waals surface area (Å²) >= 11 is 7.47. The molecule has 1 aromatic heterocycles. The van der Waals surface area contributed by atoms with Crippen molar-refractivity contribution in [2.24, 2.45) is 0 Å². The number of carboxylic acids is 1. The summed E-state index contributed by atoms with van der Waals surface area (Å²) in [6, 6.07) is 1.42. The van der Waals surface area contributed by atoms with Crippen LogP contribution in [0.4, 0.5) is 0 Å². The Bertz CT molecular complexity index is 303. The zero-order valence-corrected chi connectivity index (χ0v) is 8.13. The minimum atomic E-state index is -1.03. The second-order valence-electron chi connectivity index (χ2n) is 1.79. The molecule has 0 saturated carbocycles. The molecule has 5 heteroatoms. The molecule has 0 saturated heterocycles. The molecule has 0 aliphatic rings. The molecular weight excluding hydrogens is 280 g/mol. The van der Waals surface area contributed by atoms with Crippen LogP contribution in [0, 0.1) is 3.70 Å². The van der Waals surface area contributed by atoms with Crippen LogP contribution in [0.25, 0.3) is 0 Å². The third-order valence-corrected chi connectivity index (χ3v) is 1.94. The molecule has 1 heterocycles. The highest BCUT2D eigenvalue weighted by Gasteiger charge is 2.08. The normalized spacial score (nSPS) is 9.64. The molecule has 0 aromatic carbocycles. The predicted octanol–water partition coefficient (Wildman–Crippen LogP) is 2.04. The van der Waals surface area contributed by atoms with E-state index in [0.29, 0.717) is 3.70 Å². The van der Waals surface area contributed by atoms with Gasteiger partial charge in [0, 0.05) is 6.20 Å². The van der Waals surface area contributed by atoms with Crippen LogP contribution in [-0.2, 0) is 0 Å². The molecule has 1 aromatic rings. The highest BCUT2D eigenvalue weighted by molar-refractivity contribution is 14.1. The van der Waals surface area contributed by atoms with Crippen molar-refractivity contribution in [1.82, 2.24) is 4.98 Å². The Balaban J connectivity index is 3.23. The highest BCUT2D eigenvalue weighted by atomic mass is 127. The molecule has 0 aliphatic heterocycles. The van der Waals surface area contributed by atoms with Crippen LogP contribution in [0.5, 0.6) is 0 Å². The van der Waals surface area contributed by atoms with E-state index >= 15 is 0 Å². The summed E-state index contributed by atoms with van der Waals surface area (Å²) in [5.41, 5.74) is 0.0890. The number of nitrogens with zero attached hydrogens (tertiary/aromatic N) is 1. The first-order valence-corrected chi connectivity index (χ1v) is 4.11. The summed E-state index contributed by atoms with van der Waals surface area (Å²) in [5, 5.41) is 8.74. The maximum Gasteiger partial charge on any atom is 0.337 e. The van der Waals surface area contributed by atoms with Crippen LogP contribution in [0.2, 0.25) is 5.02 Å². The van der Waals surface area contributed by atoms with Gasteiger partial charge in [0.25, 0.3) is 0 Å². The van der Waals surface area contributed by atoms with Gasteiger partial charge in [-0.15, -0.1) is 0 Å². The van der Waals surface area contributed by atoms with Gasteiger partial charge in [-0.25, -0.2) is 9.78 Å². The third kappa shape index (κ3) is 2.03. The molecule has 0 aliphatic carbocycles. The number of carboxylic acid groups (broad SMARTS) is 1. The maximum atomic E-state index is 10.5. The lowest BCUT2D eigenvalue weighted by Gasteiger charge is -1.96. The highest BCUT2D eigenvalue weighted by Crippen LogP contribution is 2.15. The molecule has 3 nitrogen and oxygen atoms in total. The van der Waals surface area contributed by atoms with Gasteiger partial charge in [0.1, 0.15) is 3.70 Å². The molecule has 0 atom stereocenters. The van der Waals surface area contributed by atoms with E-state index in [9.17, 15) is 4.79 Å². The Morgan fingerprint density at radius 3 is 2.82 bits per heavy atom. The number of halogens is 2. The summed E-state index contributed by atoms with van der Waals surface area (Å²) in [7, 11) is 0. The van der Waals surface area contributed by atoms with Gasteiger partial charge in [0.05, 0.1) is 10.6 Å². The second-order valence-corrected chi connectivity index (χ2v) is 3.30. The van der Waals surface area contributed by atoms with Crippen molar-refractivity contribution in [3.63, 3.8) is 0 Å². The Hall–Kier alpha value is -0.360. The largest absolute Gasteiger partial charge is 0.478 e. The summed E-state index contributed by atoms with van der Waals surface area (Å²) in [6.45, 7) is 0. The van der Waals surface area contributed by atoms with Crippen molar-refractivity contribution < 1.29 is 9.90 Å². The number of aromatic nitrogens is 1. The average molecular weight is 283 g/mol. The van der Waals surface area contributed by atoms with Crippen molar-refractivity contribution in [1.29, 1.82) is 0 Å². The molecule has 11 heavy (non-hydrogen) atoms. The third-order valence-electron chi connectivity index (χ3n) is 1.05. The Morgan fingerprint density at radius 2 is 2.36 bits per heavy atom. The van der Waals surface area contributed by atoms with Crippen molar-refractivity contribution in [2.75, 3.05) is 0 Å². The monoisotopic (exact) mass is 283 g/mol. The molecule has 1 rings (SSSR count). The van der Waals surface area contributed by atoms with Gasteiger partial charge in [0.15, 0.2) is 0 Å². The fourth-order valence-corrected chi connectivity index (χ4v) is 1.21. The summed E-state index contributed by atoms with van der Waals surface area (Å²) in [6.07, 6.45) is 1.33. The van der Waals surface area contributed by atoms with E-state index in [0.717, 1.165) is 0 Å². The molecule has 1 N–H and O–H groups in total. The topological polar surface area (TPSA) is 50.2 Å². The van der Waals surface area contributed by atoms with Crippen LogP contribution in [-0.4, -0.2) is 16.1 Å². The first-order chi connectivity index (χ1) is 5.11. The number of aromatic carboxylic acids is 1. The zero-order valence-electron chi connectivity index (χ0n) is 5.21. The Morgan fingerprint density at radius 1 is 1.73 bits per heavy atom. The lowest BCUT2D eigenvalue weighted by atomic mass is 10.3. The van der Waals surface area contributed by atoms with Gasteiger partial charge in [-0.1, -0.05) is 11.6 Å². The maximum absolute atomic E-state index is 10.5. The van der Waals surface area contributed by atoms with Crippen LogP contribution >= 0.6 is 34.2 Å². The van der Waals surface area contributed by atoms with E-state index in [4.69, 9.17) is 16.7 Å².